The number of aryl methyl sites for hydroxylation is 1. The van der Waals surface area contributed by atoms with Gasteiger partial charge in [0.15, 0.2) is 0 Å². The van der Waals surface area contributed by atoms with Crippen molar-refractivity contribution in [2.45, 2.75) is 27.2 Å². The van der Waals surface area contributed by atoms with Crippen molar-refractivity contribution in [3.8, 4) is 0 Å². The van der Waals surface area contributed by atoms with Gasteiger partial charge in [-0.05, 0) is 32.8 Å². The van der Waals surface area contributed by atoms with Crippen molar-refractivity contribution in [2.24, 2.45) is 0 Å². The van der Waals surface area contributed by atoms with Crippen molar-refractivity contribution in [3.05, 3.63) is 22.5 Å². The molecule has 1 saturated heterocycles. The molecule has 0 unspecified atom stereocenters. The highest BCUT2D eigenvalue weighted by Crippen LogP contribution is 2.21. The molecule has 0 aromatic carbocycles. The van der Waals surface area contributed by atoms with E-state index in [0.29, 0.717) is 55.3 Å². The summed E-state index contributed by atoms with van der Waals surface area (Å²) in [6.45, 7) is 8.54. The fourth-order valence-electron chi connectivity index (χ4n) is 3.30. The Balaban J connectivity index is 2.09. The van der Waals surface area contributed by atoms with Crippen LogP contribution in [0.3, 0.4) is 0 Å². The predicted molar refractivity (Wildman–Crippen MR) is 102 cm³/mol. The molecule has 2 amide bonds. The lowest BCUT2D eigenvalue weighted by atomic mass is 10.1. The quantitative estimate of drug-likeness (QED) is 0.774. The van der Waals surface area contributed by atoms with Gasteiger partial charge in [0.25, 0.3) is 5.91 Å². The van der Waals surface area contributed by atoms with Gasteiger partial charge in [-0.1, -0.05) is 0 Å². The van der Waals surface area contributed by atoms with E-state index in [-0.39, 0.29) is 11.8 Å². The number of nitrogens with one attached hydrogen (secondary N) is 1. The fourth-order valence-corrected chi connectivity index (χ4v) is 3.30. The Morgan fingerprint density at radius 3 is 2.44 bits per heavy atom. The van der Waals surface area contributed by atoms with Crippen LogP contribution in [0.5, 0.6) is 0 Å². The van der Waals surface area contributed by atoms with Crippen LogP contribution in [0.1, 0.15) is 45.4 Å². The molecule has 0 aliphatic carbocycles. The van der Waals surface area contributed by atoms with E-state index in [0.717, 1.165) is 13.0 Å². The fraction of sp³-hybridized carbons (Fsp3) is 0.632. The molecule has 0 atom stereocenters. The second kappa shape index (κ2) is 9.03. The molecule has 150 valence electrons. The summed E-state index contributed by atoms with van der Waals surface area (Å²) in [7, 11) is 3.49. The first kappa shape index (κ1) is 21.0. The summed E-state index contributed by atoms with van der Waals surface area (Å²) in [6.07, 6.45) is 0.802. The van der Waals surface area contributed by atoms with Crippen molar-refractivity contribution in [1.82, 2.24) is 19.7 Å². The minimum absolute atomic E-state index is 0.0599. The number of aromatic nitrogens is 1. The third kappa shape index (κ3) is 4.88. The number of aromatic amines is 1. The van der Waals surface area contributed by atoms with Gasteiger partial charge in [0.2, 0.25) is 5.91 Å². The maximum absolute atomic E-state index is 13.0. The molecule has 1 N–H and O–H groups in total. The average Bonchev–Trinajstić information content (AvgIpc) is 2.77. The Hall–Kier alpha value is -2.35. The van der Waals surface area contributed by atoms with Gasteiger partial charge in [-0.2, -0.15) is 0 Å². The molecule has 0 spiro atoms. The monoisotopic (exact) mass is 378 g/mol. The molecule has 0 radical (unpaired) electrons. The van der Waals surface area contributed by atoms with Crippen LogP contribution in [0.2, 0.25) is 0 Å². The molecule has 1 aromatic rings. The van der Waals surface area contributed by atoms with Crippen LogP contribution < -0.4 is 0 Å². The van der Waals surface area contributed by atoms with E-state index in [1.165, 1.54) is 0 Å². The van der Waals surface area contributed by atoms with Gasteiger partial charge in [0, 0.05) is 46.0 Å². The first-order chi connectivity index (χ1) is 12.8. The molecule has 1 aromatic heterocycles. The van der Waals surface area contributed by atoms with E-state index in [4.69, 9.17) is 4.74 Å². The molecule has 1 aliphatic rings. The zero-order valence-corrected chi connectivity index (χ0v) is 16.9. The topological polar surface area (TPSA) is 86.0 Å². The number of amides is 2. The van der Waals surface area contributed by atoms with Gasteiger partial charge in [-0.15, -0.1) is 0 Å². The number of ether oxygens (including phenoxy) is 1. The normalized spacial score (nSPS) is 15.4. The highest BCUT2D eigenvalue weighted by Gasteiger charge is 2.27. The summed E-state index contributed by atoms with van der Waals surface area (Å²) in [5, 5.41) is 0. The third-order valence-corrected chi connectivity index (χ3v) is 4.86. The Morgan fingerprint density at radius 2 is 1.81 bits per heavy atom. The number of esters is 1. The van der Waals surface area contributed by atoms with Crippen molar-refractivity contribution in [2.75, 3.05) is 53.4 Å². The summed E-state index contributed by atoms with van der Waals surface area (Å²) >= 11 is 0. The molecule has 27 heavy (non-hydrogen) atoms. The van der Waals surface area contributed by atoms with Crippen LogP contribution in [-0.2, 0) is 9.53 Å². The minimum Gasteiger partial charge on any atom is -0.462 e. The van der Waals surface area contributed by atoms with Gasteiger partial charge in [-0.25, -0.2) is 4.79 Å². The number of nitrogens with zero attached hydrogens (tertiary/aromatic N) is 3. The van der Waals surface area contributed by atoms with Crippen molar-refractivity contribution in [3.63, 3.8) is 0 Å². The average molecular weight is 378 g/mol. The summed E-state index contributed by atoms with van der Waals surface area (Å²) in [6, 6.07) is 0. The van der Waals surface area contributed by atoms with Crippen LogP contribution in [0.4, 0.5) is 0 Å². The van der Waals surface area contributed by atoms with E-state index in [9.17, 15) is 14.4 Å². The van der Waals surface area contributed by atoms with E-state index >= 15 is 0 Å². The first-order valence-electron chi connectivity index (χ1n) is 9.34. The SMILES string of the molecule is CCOC(=O)c1c(C)[nH]c(C(=O)N2CCCN(CC(=O)N(C)C)CC2)c1C. The standard InChI is InChI=1S/C19H30N4O4/c1-6-27-19(26)16-13(2)17(20-14(16)3)18(25)23-9-7-8-22(10-11-23)12-15(24)21(4)5/h20H,6-12H2,1-5H3. The zero-order valence-electron chi connectivity index (χ0n) is 16.9. The lowest BCUT2D eigenvalue weighted by Gasteiger charge is -2.22. The van der Waals surface area contributed by atoms with Gasteiger partial charge in [0.1, 0.15) is 5.69 Å². The van der Waals surface area contributed by atoms with E-state index in [2.05, 4.69) is 9.88 Å². The van der Waals surface area contributed by atoms with Gasteiger partial charge in [0.05, 0.1) is 18.7 Å². The molecule has 0 bridgehead atoms. The van der Waals surface area contributed by atoms with E-state index in [1.807, 2.05) is 0 Å². The Bertz CT molecular complexity index is 711. The summed E-state index contributed by atoms with van der Waals surface area (Å²) < 4.78 is 5.09. The second-order valence-corrected chi connectivity index (χ2v) is 7.06. The Morgan fingerprint density at radius 1 is 1.11 bits per heavy atom. The largest absolute Gasteiger partial charge is 0.462 e. The van der Waals surface area contributed by atoms with Gasteiger partial charge >= 0.3 is 5.97 Å². The molecule has 2 rings (SSSR count). The highest BCUT2D eigenvalue weighted by molar-refractivity contribution is 6.00. The number of carbonyl (C=O) groups is 3. The maximum Gasteiger partial charge on any atom is 0.340 e. The molecular weight excluding hydrogens is 348 g/mol. The minimum atomic E-state index is -0.410. The summed E-state index contributed by atoms with van der Waals surface area (Å²) in [4.78, 5) is 45.6. The third-order valence-electron chi connectivity index (χ3n) is 4.86. The lowest BCUT2D eigenvalue weighted by Crippen LogP contribution is -2.39. The van der Waals surface area contributed by atoms with Gasteiger partial charge in [-0.3, -0.25) is 14.5 Å². The van der Waals surface area contributed by atoms with Crippen LogP contribution in [-0.4, -0.2) is 90.9 Å². The van der Waals surface area contributed by atoms with Crippen molar-refractivity contribution < 1.29 is 19.1 Å². The van der Waals surface area contributed by atoms with E-state index < -0.39 is 5.97 Å². The summed E-state index contributed by atoms with van der Waals surface area (Å²) in [5.74, 6) is -0.469. The number of rotatable bonds is 5. The lowest BCUT2D eigenvalue weighted by molar-refractivity contribution is -0.129. The Labute approximate surface area is 160 Å². The van der Waals surface area contributed by atoms with E-state index in [1.54, 1.807) is 44.7 Å². The number of hydrogen-bond acceptors (Lipinski definition) is 5. The molecule has 2 heterocycles. The molecule has 1 fully saturated rings. The number of carbonyl (C=O) groups excluding carboxylic acids is 3. The molecular formula is C19H30N4O4. The molecule has 1 aliphatic heterocycles. The van der Waals surface area contributed by atoms with Crippen molar-refractivity contribution >= 4 is 17.8 Å². The number of H-pyrrole nitrogens is 1. The van der Waals surface area contributed by atoms with Crippen LogP contribution >= 0.6 is 0 Å². The predicted octanol–water partition coefficient (Wildman–Crippen LogP) is 1.04. The number of likely N-dealkylation sites (N-methyl/N-ethyl adjacent to an activating group) is 1. The second-order valence-electron chi connectivity index (χ2n) is 7.06. The smallest absolute Gasteiger partial charge is 0.340 e. The molecule has 8 heteroatoms. The summed E-state index contributed by atoms with van der Waals surface area (Å²) in [5.41, 5.74) is 2.14. The highest BCUT2D eigenvalue weighted by atomic mass is 16.5. The first-order valence-corrected chi connectivity index (χ1v) is 9.34. The van der Waals surface area contributed by atoms with Crippen molar-refractivity contribution in [1.29, 1.82) is 0 Å². The van der Waals surface area contributed by atoms with Gasteiger partial charge < -0.3 is 19.5 Å². The Kier molecular flexibility index (Phi) is 7.01. The molecule has 0 saturated carbocycles. The van der Waals surface area contributed by atoms with Crippen LogP contribution in [0.25, 0.3) is 0 Å². The number of hydrogen-bond donors (Lipinski definition) is 1. The maximum atomic E-state index is 13.0. The zero-order chi connectivity index (χ0) is 20.1. The van der Waals surface area contributed by atoms with Crippen LogP contribution in [0.15, 0.2) is 0 Å². The van der Waals surface area contributed by atoms with Crippen LogP contribution in [0, 0.1) is 13.8 Å². The molecule has 8 nitrogen and oxygen atoms in total.